The first-order valence-corrected chi connectivity index (χ1v) is 12.5. The van der Waals surface area contributed by atoms with Gasteiger partial charge in [-0.25, -0.2) is 4.98 Å². The van der Waals surface area contributed by atoms with E-state index in [0.717, 1.165) is 26.9 Å². The van der Waals surface area contributed by atoms with Crippen molar-refractivity contribution in [2.45, 2.75) is 11.4 Å². The van der Waals surface area contributed by atoms with Gasteiger partial charge >= 0.3 is 0 Å². The second kappa shape index (κ2) is 10.3. The normalized spacial score (nSPS) is 14.3. The summed E-state index contributed by atoms with van der Waals surface area (Å²) in [6.07, 6.45) is 1.88. The molecular weight excluding hydrogens is 460 g/mol. The molecule has 0 saturated carbocycles. The van der Waals surface area contributed by atoms with E-state index in [4.69, 9.17) is 9.72 Å². The summed E-state index contributed by atoms with van der Waals surface area (Å²) < 4.78 is 5.21. The van der Waals surface area contributed by atoms with Gasteiger partial charge in [-0.2, -0.15) is 0 Å². The third kappa shape index (κ3) is 5.35. The van der Waals surface area contributed by atoms with Gasteiger partial charge in [0.15, 0.2) is 0 Å². The predicted octanol–water partition coefficient (Wildman–Crippen LogP) is 4.41. The summed E-state index contributed by atoms with van der Waals surface area (Å²) in [5.74, 6) is 0.529. The van der Waals surface area contributed by atoms with Crippen molar-refractivity contribution in [3.63, 3.8) is 0 Å². The molecule has 0 N–H and O–H groups in total. The summed E-state index contributed by atoms with van der Waals surface area (Å²) in [5, 5.41) is 14.4. The smallest absolute Gasteiger partial charge is 0.282 e. The minimum atomic E-state index is -0.490. The quantitative estimate of drug-likeness (QED) is 0.279. The van der Waals surface area contributed by atoms with Crippen LogP contribution in [0.1, 0.15) is 16.1 Å². The van der Waals surface area contributed by atoms with Crippen LogP contribution < -0.4 is 4.74 Å². The third-order valence-electron chi connectivity index (χ3n) is 5.56. The summed E-state index contributed by atoms with van der Waals surface area (Å²) in [6, 6.07) is 12.5. The minimum Gasteiger partial charge on any atom is -0.497 e. The second-order valence-electron chi connectivity index (χ2n) is 7.58. The van der Waals surface area contributed by atoms with E-state index in [1.165, 1.54) is 17.8 Å². The number of nitrogens with zero attached hydrogens (tertiary/aromatic N) is 4. The van der Waals surface area contributed by atoms with Crippen LogP contribution in [-0.4, -0.2) is 65.2 Å². The van der Waals surface area contributed by atoms with Crippen LogP contribution >= 0.6 is 23.1 Å². The van der Waals surface area contributed by atoms with Gasteiger partial charge in [0.2, 0.25) is 0 Å². The van der Waals surface area contributed by atoms with Crippen molar-refractivity contribution in [2.24, 2.45) is 0 Å². The lowest BCUT2D eigenvalue weighted by molar-refractivity contribution is -0.385. The van der Waals surface area contributed by atoms with Crippen molar-refractivity contribution in [3.05, 3.63) is 69.2 Å². The van der Waals surface area contributed by atoms with Crippen molar-refractivity contribution in [2.75, 3.05) is 39.5 Å². The van der Waals surface area contributed by atoms with Crippen molar-refractivity contribution in [1.29, 1.82) is 0 Å². The highest BCUT2D eigenvalue weighted by atomic mass is 32.2. The molecule has 1 amide bonds. The van der Waals surface area contributed by atoms with Gasteiger partial charge in [-0.3, -0.25) is 19.8 Å². The van der Waals surface area contributed by atoms with Gasteiger partial charge in [-0.05, 0) is 42.7 Å². The maximum Gasteiger partial charge on any atom is 0.282 e. The summed E-state index contributed by atoms with van der Waals surface area (Å²) in [4.78, 5) is 33.5. The van der Waals surface area contributed by atoms with Crippen LogP contribution in [-0.2, 0) is 6.54 Å². The number of benzene rings is 2. The van der Waals surface area contributed by atoms with Gasteiger partial charge in [0.1, 0.15) is 16.3 Å². The summed E-state index contributed by atoms with van der Waals surface area (Å²) in [5.41, 5.74) is 2.06. The zero-order valence-corrected chi connectivity index (χ0v) is 20.0. The van der Waals surface area contributed by atoms with Crippen molar-refractivity contribution >= 4 is 34.7 Å². The Morgan fingerprint density at radius 3 is 2.55 bits per heavy atom. The highest BCUT2D eigenvalue weighted by Gasteiger charge is 2.28. The fourth-order valence-electron chi connectivity index (χ4n) is 3.73. The van der Waals surface area contributed by atoms with Gasteiger partial charge in [-0.15, -0.1) is 23.1 Å². The van der Waals surface area contributed by atoms with E-state index < -0.39 is 4.92 Å². The number of methoxy groups -OCH3 is 1. The maximum absolute atomic E-state index is 13.0. The summed E-state index contributed by atoms with van der Waals surface area (Å²) in [6.45, 7) is 3.13. The lowest BCUT2D eigenvalue weighted by Crippen LogP contribution is -2.48. The lowest BCUT2D eigenvalue weighted by atomic mass is 10.1. The molecule has 2 heterocycles. The Hall–Kier alpha value is -2.95. The third-order valence-corrected chi connectivity index (χ3v) is 7.23. The van der Waals surface area contributed by atoms with Crippen molar-refractivity contribution in [1.82, 2.24) is 14.8 Å². The standard InChI is InChI=1S/C23H24N4O4S2/c1-31-18-5-3-16(4-6-18)22-24-17(15-33-22)14-25-9-11-26(12-10-25)23(28)20-13-19(32-2)7-8-21(20)27(29)30/h3-8,13,15H,9-12,14H2,1-2H3. The first kappa shape index (κ1) is 23.2. The maximum atomic E-state index is 13.0. The summed E-state index contributed by atoms with van der Waals surface area (Å²) in [7, 11) is 1.65. The number of carbonyl (C=O) groups is 1. The average molecular weight is 485 g/mol. The highest BCUT2D eigenvalue weighted by molar-refractivity contribution is 7.98. The first-order valence-electron chi connectivity index (χ1n) is 10.4. The van der Waals surface area contributed by atoms with Gasteiger partial charge in [-0.1, -0.05) is 0 Å². The number of aromatic nitrogens is 1. The Morgan fingerprint density at radius 1 is 1.18 bits per heavy atom. The Bertz CT molecular complexity index is 1140. The van der Waals surface area contributed by atoms with E-state index in [2.05, 4.69) is 10.3 Å². The minimum absolute atomic E-state index is 0.145. The van der Waals surface area contributed by atoms with E-state index in [-0.39, 0.29) is 17.2 Å². The Kier molecular flexibility index (Phi) is 7.26. The number of thioether (sulfide) groups is 1. The highest BCUT2D eigenvalue weighted by Crippen LogP contribution is 2.28. The molecule has 1 saturated heterocycles. The number of carbonyl (C=O) groups excluding carboxylic acids is 1. The molecule has 33 heavy (non-hydrogen) atoms. The van der Waals surface area contributed by atoms with Gasteiger partial charge in [0.25, 0.3) is 11.6 Å². The molecule has 0 unspecified atom stereocenters. The zero-order valence-electron chi connectivity index (χ0n) is 18.4. The average Bonchev–Trinajstić information content (AvgIpc) is 3.32. The molecule has 1 aliphatic rings. The molecule has 0 bridgehead atoms. The van der Waals surface area contributed by atoms with Gasteiger partial charge in [0, 0.05) is 54.6 Å². The topological polar surface area (TPSA) is 88.8 Å². The number of hydrogen-bond acceptors (Lipinski definition) is 8. The van der Waals surface area contributed by atoms with E-state index in [1.54, 1.807) is 35.5 Å². The van der Waals surface area contributed by atoms with Crippen molar-refractivity contribution in [3.8, 4) is 16.3 Å². The number of ether oxygens (including phenoxy) is 1. The SMILES string of the molecule is COc1ccc(-c2nc(CN3CCN(C(=O)c4cc(SC)ccc4[N+](=O)[O-])CC3)cs2)cc1. The Labute approximate surface area is 200 Å². The Morgan fingerprint density at radius 2 is 1.91 bits per heavy atom. The molecular formula is C23H24N4O4S2. The largest absolute Gasteiger partial charge is 0.497 e. The predicted molar refractivity (Wildman–Crippen MR) is 130 cm³/mol. The molecule has 4 rings (SSSR count). The molecule has 8 nitrogen and oxygen atoms in total. The molecule has 3 aromatic rings. The first-order chi connectivity index (χ1) is 16.0. The van der Waals surface area contributed by atoms with Crippen molar-refractivity contribution < 1.29 is 14.5 Å². The zero-order chi connectivity index (χ0) is 23.4. The van der Waals surface area contributed by atoms with E-state index >= 15 is 0 Å². The number of thiazole rings is 1. The van der Waals surface area contributed by atoms with E-state index in [0.29, 0.717) is 32.7 Å². The van der Waals surface area contributed by atoms with Crippen LogP contribution in [0.25, 0.3) is 10.6 Å². The van der Waals surface area contributed by atoms with Crippen LogP contribution in [0, 0.1) is 10.1 Å². The van der Waals surface area contributed by atoms with E-state index in [9.17, 15) is 14.9 Å². The molecule has 172 valence electrons. The van der Waals surface area contributed by atoms with Gasteiger partial charge < -0.3 is 9.64 Å². The molecule has 1 aromatic heterocycles. The lowest BCUT2D eigenvalue weighted by Gasteiger charge is -2.34. The molecule has 1 fully saturated rings. The summed E-state index contributed by atoms with van der Waals surface area (Å²) >= 11 is 3.06. The van der Waals surface area contributed by atoms with Crippen LogP contribution in [0.4, 0.5) is 5.69 Å². The molecule has 0 aliphatic carbocycles. The number of hydrogen-bond donors (Lipinski definition) is 0. The fraction of sp³-hybridized carbons (Fsp3) is 0.304. The number of nitro groups is 1. The van der Waals surface area contributed by atoms with Gasteiger partial charge in [0.05, 0.1) is 17.7 Å². The molecule has 0 radical (unpaired) electrons. The van der Waals surface area contributed by atoms with Crippen LogP contribution in [0.3, 0.4) is 0 Å². The van der Waals surface area contributed by atoms with E-state index in [1.807, 2.05) is 30.5 Å². The monoisotopic (exact) mass is 484 g/mol. The molecule has 1 aliphatic heterocycles. The number of amides is 1. The fourth-order valence-corrected chi connectivity index (χ4v) is 4.98. The van der Waals surface area contributed by atoms with Crippen LogP contribution in [0.15, 0.2) is 52.7 Å². The molecule has 0 spiro atoms. The number of nitro benzene ring substituents is 1. The van der Waals surface area contributed by atoms with Crippen LogP contribution in [0.5, 0.6) is 5.75 Å². The molecule has 10 heteroatoms. The number of rotatable bonds is 7. The Balaban J connectivity index is 1.37. The second-order valence-corrected chi connectivity index (χ2v) is 9.32. The number of piperazine rings is 1. The molecule has 0 atom stereocenters. The molecule has 2 aromatic carbocycles. The van der Waals surface area contributed by atoms with Crippen LogP contribution in [0.2, 0.25) is 0 Å².